The van der Waals surface area contributed by atoms with E-state index in [1.807, 2.05) is 48.5 Å². The molecule has 3 aromatic rings. The van der Waals surface area contributed by atoms with Gasteiger partial charge in [0.05, 0.1) is 5.69 Å². The first-order valence-corrected chi connectivity index (χ1v) is 7.66. The van der Waals surface area contributed by atoms with E-state index in [1.165, 1.54) is 10.7 Å². The Balaban J connectivity index is 1.88. The van der Waals surface area contributed by atoms with Crippen molar-refractivity contribution >= 4 is 11.6 Å². The van der Waals surface area contributed by atoms with Gasteiger partial charge in [0.1, 0.15) is 6.04 Å². The van der Waals surface area contributed by atoms with Crippen molar-refractivity contribution in [3.8, 4) is 11.3 Å². The molecule has 1 N–H and O–H groups in total. The van der Waals surface area contributed by atoms with Crippen LogP contribution in [0.2, 0.25) is 0 Å². The standard InChI is InChI=1S/C19H17N3O2/c1-14(19(24)20-16-10-6-3-7-11-16)22-18(23)13-12-17(21-22)15-8-4-2-5-9-15/h2-14H,1H3,(H,20,24). The summed E-state index contributed by atoms with van der Waals surface area (Å²) in [6.45, 7) is 1.65. The predicted octanol–water partition coefficient (Wildman–Crippen LogP) is 3.11. The van der Waals surface area contributed by atoms with Crippen LogP contribution in [0.4, 0.5) is 5.69 Å². The lowest BCUT2D eigenvalue weighted by Gasteiger charge is -2.15. The molecule has 1 amide bonds. The van der Waals surface area contributed by atoms with Gasteiger partial charge in [-0.3, -0.25) is 9.59 Å². The Labute approximate surface area is 139 Å². The fourth-order valence-electron chi connectivity index (χ4n) is 2.34. The average molecular weight is 319 g/mol. The SMILES string of the molecule is CC(C(=O)Nc1ccccc1)n1nc(-c2ccccc2)ccc1=O. The normalized spacial score (nSPS) is 11.7. The van der Waals surface area contributed by atoms with E-state index in [-0.39, 0.29) is 11.5 Å². The summed E-state index contributed by atoms with van der Waals surface area (Å²) in [6.07, 6.45) is 0. The molecule has 0 aliphatic rings. The van der Waals surface area contributed by atoms with Crippen LogP contribution in [0.3, 0.4) is 0 Å². The molecule has 1 unspecified atom stereocenters. The van der Waals surface area contributed by atoms with Gasteiger partial charge in [0.15, 0.2) is 0 Å². The average Bonchev–Trinajstić information content (AvgIpc) is 2.63. The van der Waals surface area contributed by atoms with Gasteiger partial charge < -0.3 is 5.32 Å². The van der Waals surface area contributed by atoms with Crippen molar-refractivity contribution < 1.29 is 4.79 Å². The maximum Gasteiger partial charge on any atom is 0.267 e. The van der Waals surface area contributed by atoms with E-state index >= 15 is 0 Å². The van der Waals surface area contributed by atoms with E-state index in [0.29, 0.717) is 11.4 Å². The number of rotatable bonds is 4. The number of para-hydroxylation sites is 1. The minimum Gasteiger partial charge on any atom is -0.324 e. The molecule has 5 heteroatoms. The van der Waals surface area contributed by atoms with E-state index in [1.54, 1.807) is 25.1 Å². The molecule has 1 atom stereocenters. The van der Waals surface area contributed by atoms with Gasteiger partial charge in [-0.1, -0.05) is 48.5 Å². The molecular weight excluding hydrogens is 302 g/mol. The third-order valence-corrected chi connectivity index (χ3v) is 3.68. The number of hydrogen-bond donors (Lipinski definition) is 1. The summed E-state index contributed by atoms with van der Waals surface area (Å²) >= 11 is 0. The molecule has 2 aromatic carbocycles. The number of anilines is 1. The summed E-state index contributed by atoms with van der Waals surface area (Å²) in [5.74, 6) is -0.291. The second kappa shape index (κ2) is 6.91. The van der Waals surface area contributed by atoms with Crippen molar-refractivity contribution in [1.29, 1.82) is 0 Å². The Morgan fingerprint density at radius 1 is 0.958 bits per heavy atom. The summed E-state index contributed by atoms with van der Waals surface area (Å²) in [7, 11) is 0. The highest BCUT2D eigenvalue weighted by Crippen LogP contribution is 2.16. The van der Waals surface area contributed by atoms with Crippen LogP contribution in [-0.4, -0.2) is 15.7 Å². The molecule has 1 aromatic heterocycles. The number of nitrogens with zero attached hydrogens (tertiary/aromatic N) is 2. The molecule has 24 heavy (non-hydrogen) atoms. The Kier molecular flexibility index (Phi) is 4.52. The van der Waals surface area contributed by atoms with Gasteiger partial charge in [-0.2, -0.15) is 5.10 Å². The van der Waals surface area contributed by atoms with E-state index < -0.39 is 6.04 Å². The molecule has 3 rings (SSSR count). The zero-order valence-electron chi connectivity index (χ0n) is 13.2. The van der Waals surface area contributed by atoms with Crippen LogP contribution in [-0.2, 0) is 4.79 Å². The first-order chi connectivity index (χ1) is 11.6. The van der Waals surface area contributed by atoms with E-state index in [9.17, 15) is 9.59 Å². The first kappa shape index (κ1) is 15.7. The third-order valence-electron chi connectivity index (χ3n) is 3.68. The molecule has 0 saturated heterocycles. The number of benzene rings is 2. The quantitative estimate of drug-likeness (QED) is 0.803. The second-order valence-electron chi connectivity index (χ2n) is 5.40. The lowest BCUT2D eigenvalue weighted by molar-refractivity contribution is -0.119. The van der Waals surface area contributed by atoms with Crippen LogP contribution in [0.1, 0.15) is 13.0 Å². The van der Waals surface area contributed by atoms with Crippen LogP contribution in [0.15, 0.2) is 77.6 Å². The van der Waals surface area contributed by atoms with Crippen molar-refractivity contribution in [2.24, 2.45) is 0 Å². The highest BCUT2D eigenvalue weighted by atomic mass is 16.2. The third kappa shape index (κ3) is 3.41. The van der Waals surface area contributed by atoms with Crippen molar-refractivity contribution in [2.75, 3.05) is 5.32 Å². The number of aromatic nitrogens is 2. The maximum atomic E-state index is 12.4. The minimum atomic E-state index is -0.721. The van der Waals surface area contributed by atoms with E-state index in [4.69, 9.17) is 0 Å². The molecule has 1 heterocycles. The second-order valence-corrected chi connectivity index (χ2v) is 5.40. The minimum absolute atomic E-state index is 0.291. The topological polar surface area (TPSA) is 64.0 Å². The van der Waals surface area contributed by atoms with Gasteiger partial charge in [0.2, 0.25) is 5.91 Å². The zero-order valence-corrected chi connectivity index (χ0v) is 13.2. The van der Waals surface area contributed by atoms with Crippen LogP contribution >= 0.6 is 0 Å². The van der Waals surface area contributed by atoms with Crippen LogP contribution in [0, 0.1) is 0 Å². The zero-order chi connectivity index (χ0) is 16.9. The molecule has 5 nitrogen and oxygen atoms in total. The molecular formula is C19H17N3O2. The smallest absolute Gasteiger partial charge is 0.267 e. The Morgan fingerprint density at radius 2 is 1.58 bits per heavy atom. The van der Waals surface area contributed by atoms with Gasteiger partial charge in [0.25, 0.3) is 5.56 Å². The number of carbonyl (C=O) groups is 1. The van der Waals surface area contributed by atoms with Gasteiger partial charge in [-0.05, 0) is 25.1 Å². The Hall–Kier alpha value is -3.21. The van der Waals surface area contributed by atoms with Crippen molar-refractivity contribution in [2.45, 2.75) is 13.0 Å². The molecule has 0 spiro atoms. The van der Waals surface area contributed by atoms with Crippen LogP contribution in [0.5, 0.6) is 0 Å². The molecule has 0 aliphatic carbocycles. The molecule has 0 radical (unpaired) electrons. The van der Waals surface area contributed by atoms with E-state index in [2.05, 4.69) is 10.4 Å². The molecule has 120 valence electrons. The lowest BCUT2D eigenvalue weighted by atomic mass is 10.1. The summed E-state index contributed by atoms with van der Waals surface area (Å²) in [4.78, 5) is 24.5. The fraction of sp³-hybridized carbons (Fsp3) is 0.105. The van der Waals surface area contributed by atoms with Crippen LogP contribution in [0.25, 0.3) is 11.3 Å². The monoisotopic (exact) mass is 319 g/mol. The van der Waals surface area contributed by atoms with Gasteiger partial charge in [0, 0.05) is 17.3 Å². The largest absolute Gasteiger partial charge is 0.324 e. The summed E-state index contributed by atoms with van der Waals surface area (Å²) < 4.78 is 1.21. The molecule has 0 fully saturated rings. The Morgan fingerprint density at radius 3 is 2.25 bits per heavy atom. The molecule has 0 saturated carbocycles. The number of carbonyl (C=O) groups excluding carboxylic acids is 1. The highest BCUT2D eigenvalue weighted by molar-refractivity contribution is 5.93. The summed E-state index contributed by atoms with van der Waals surface area (Å²) in [5.41, 5.74) is 1.91. The van der Waals surface area contributed by atoms with E-state index in [0.717, 1.165) is 5.56 Å². The van der Waals surface area contributed by atoms with Crippen molar-refractivity contribution in [3.63, 3.8) is 0 Å². The highest BCUT2D eigenvalue weighted by Gasteiger charge is 2.18. The lowest BCUT2D eigenvalue weighted by Crippen LogP contribution is -2.33. The van der Waals surface area contributed by atoms with Gasteiger partial charge >= 0.3 is 0 Å². The predicted molar refractivity (Wildman–Crippen MR) is 93.7 cm³/mol. The van der Waals surface area contributed by atoms with Gasteiger partial charge in [-0.25, -0.2) is 4.68 Å². The van der Waals surface area contributed by atoms with Crippen molar-refractivity contribution in [3.05, 3.63) is 83.2 Å². The summed E-state index contributed by atoms with van der Waals surface area (Å²) in [6, 6.07) is 21.0. The maximum absolute atomic E-state index is 12.4. The number of amides is 1. The fourth-order valence-corrected chi connectivity index (χ4v) is 2.34. The number of nitrogens with one attached hydrogen (secondary N) is 1. The van der Waals surface area contributed by atoms with Crippen LogP contribution < -0.4 is 10.9 Å². The molecule has 0 aliphatic heterocycles. The molecule has 0 bridgehead atoms. The van der Waals surface area contributed by atoms with Gasteiger partial charge in [-0.15, -0.1) is 0 Å². The summed E-state index contributed by atoms with van der Waals surface area (Å²) in [5, 5.41) is 7.14. The number of hydrogen-bond acceptors (Lipinski definition) is 3. The first-order valence-electron chi connectivity index (χ1n) is 7.66. The van der Waals surface area contributed by atoms with Crippen molar-refractivity contribution in [1.82, 2.24) is 9.78 Å². The Bertz CT molecular complexity index is 889.